The zero-order valence-corrected chi connectivity index (χ0v) is 14.6. The van der Waals surface area contributed by atoms with E-state index in [0.29, 0.717) is 24.5 Å². The van der Waals surface area contributed by atoms with Crippen molar-refractivity contribution in [1.82, 2.24) is 0 Å². The Kier molecular flexibility index (Phi) is 4.33. The minimum absolute atomic E-state index is 0.136. The van der Waals surface area contributed by atoms with E-state index < -0.39 is 0 Å². The Balaban J connectivity index is 1.67. The maximum atomic E-state index is 13.3. The van der Waals surface area contributed by atoms with Crippen LogP contribution in [-0.2, 0) is 4.79 Å². The number of Topliss-reactive ketones (excluding diaryl/α,β-unsaturated/α-hetero) is 1. The molecule has 0 radical (unpaired) electrons. The summed E-state index contributed by atoms with van der Waals surface area (Å²) < 4.78 is 5.65. The van der Waals surface area contributed by atoms with Gasteiger partial charge in [-0.05, 0) is 36.6 Å². The number of anilines is 1. The molecular formula is C22H21NO3. The molecule has 2 aliphatic rings. The number of ketones is 1. The summed E-state index contributed by atoms with van der Waals surface area (Å²) >= 11 is 0. The van der Waals surface area contributed by atoms with Gasteiger partial charge in [0, 0.05) is 18.2 Å². The maximum Gasteiger partial charge on any atom is 0.262 e. The summed E-state index contributed by atoms with van der Waals surface area (Å²) in [5, 5.41) is 0. The molecule has 1 heterocycles. The van der Waals surface area contributed by atoms with Crippen molar-refractivity contribution in [2.75, 3.05) is 18.1 Å². The fourth-order valence-electron chi connectivity index (χ4n) is 3.56. The van der Waals surface area contributed by atoms with Crippen molar-refractivity contribution in [3.05, 3.63) is 72.3 Å². The van der Waals surface area contributed by atoms with Gasteiger partial charge in [0.25, 0.3) is 5.91 Å². The molecule has 1 unspecified atom stereocenters. The Bertz CT molecular complexity index is 869. The van der Waals surface area contributed by atoms with Crippen molar-refractivity contribution < 1.29 is 14.3 Å². The second-order valence-electron chi connectivity index (χ2n) is 6.80. The summed E-state index contributed by atoms with van der Waals surface area (Å²) in [4.78, 5) is 27.7. The highest BCUT2D eigenvalue weighted by atomic mass is 16.5. The van der Waals surface area contributed by atoms with Crippen molar-refractivity contribution >= 4 is 17.4 Å². The Morgan fingerprint density at radius 2 is 1.85 bits per heavy atom. The van der Waals surface area contributed by atoms with Crippen LogP contribution in [0.4, 0.5) is 5.69 Å². The Morgan fingerprint density at radius 3 is 2.62 bits per heavy atom. The van der Waals surface area contributed by atoms with Gasteiger partial charge in [0.2, 0.25) is 0 Å². The maximum absolute atomic E-state index is 13.3. The molecule has 0 spiro atoms. The number of hydrogen-bond donors (Lipinski definition) is 0. The summed E-state index contributed by atoms with van der Waals surface area (Å²) in [6.45, 7) is 4.39. The number of rotatable bonds is 6. The minimum Gasteiger partial charge on any atom is -0.489 e. The normalized spacial score (nSPS) is 18.3. The van der Waals surface area contributed by atoms with E-state index in [0.717, 1.165) is 24.1 Å². The molecule has 4 nitrogen and oxygen atoms in total. The molecule has 132 valence electrons. The summed E-state index contributed by atoms with van der Waals surface area (Å²) in [6, 6.07) is 14.9. The summed E-state index contributed by atoms with van der Waals surface area (Å²) in [7, 11) is 0. The van der Waals surface area contributed by atoms with Gasteiger partial charge in [0.15, 0.2) is 0 Å². The first-order chi connectivity index (χ1) is 12.7. The summed E-state index contributed by atoms with van der Waals surface area (Å²) in [5.41, 5.74) is 2.29. The van der Waals surface area contributed by atoms with E-state index >= 15 is 0 Å². The van der Waals surface area contributed by atoms with Crippen LogP contribution in [0.15, 0.2) is 61.2 Å². The van der Waals surface area contributed by atoms with Crippen LogP contribution in [0.5, 0.6) is 5.75 Å². The van der Waals surface area contributed by atoms with Gasteiger partial charge in [-0.3, -0.25) is 9.59 Å². The molecule has 0 saturated heterocycles. The fourth-order valence-corrected chi connectivity index (χ4v) is 3.56. The molecule has 1 amide bonds. The van der Waals surface area contributed by atoms with Crippen LogP contribution < -0.4 is 9.64 Å². The lowest BCUT2D eigenvalue weighted by Gasteiger charge is -2.19. The molecule has 1 saturated carbocycles. The van der Waals surface area contributed by atoms with Gasteiger partial charge in [-0.25, -0.2) is 0 Å². The highest BCUT2D eigenvalue weighted by Gasteiger charge is 2.42. The van der Waals surface area contributed by atoms with Gasteiger partial charge in [0.1, 0.15) is 18.1 Å². The molecular weight excluding hydrogens is 326 g/mol. The number of ether oxygens (including phenoxy) is 1. The molecule has 1 aliphatic heterocycles. The molecule has 1 atom stereocenters. The second-order valence-corrected chi connectivity index (χ2v) is 6.80. The van der Waals surface area contributed by atoms with Crippen LogP contribution in [0, 0.1) is 5.92 Å². The average Bonchev–Trinajstić information content (AvgIpc) is 3.46. The van der Waals surface area contributed by atoms with Gasteiger partial charge >= 0.3 is 0 Å². The highest BCUT2D eigenvalue weighted by molar-refractivity contribution is 6.11. The Labute approximate surface area is 153 Å². The molecule has 0 N–H and O–H groups in total. The Hall–Kier alpha value is -2.88. The standard InChI is InChI=1S/C22H21NO3/c1-2-13-26-20-10-6-4-8-17(20)22(25)23-14-18(21(24)15-11-12-15)16-7-3-5-9-19(16)23/h2-10,15,18H,1,11-14H2. The number of para-hydroxylation sites is 2. The van der Waals surface area contributed by atoms with E-state index in [9.17, 15) is 9.59 Å². The van der Waals surface area contributed by atoms with Crippen LogP contribution in [0.25, 0.3) is 0 Å². The molecule has 2 aromatic rings. The van der Waals surface area contributed by atoms with E-state index in [-0.39, 0.29) is 23.5 Å². The van der Waals surface area contributed by atoms with Crippen molar-refractivity contribution in [2.24, 2.45) is 5.92 Å². The van der Waals surface area contributed by atoms with Gasteiger partial charge in [-0.1, -0.05) is 43.0 Å². The number of amides is 1. The predicted molar refractivity (Wildman–Crippen MR) is 101 cm³/mol. The number of nitrogens with zero attached hydrogens (tertiary/aromatic N) is 1. The molecule has 0 bridgehead atoms. The van der Waals surface area contributed by atoms with E-state index in [1.54, 1.807) is 23.1 Å². The minimum atomic E-state index is -0.219. The van der Waals surface area contributed by atoms with Crippen LogP contribution in [0.1, 0.15) is 34.7 Å². The quantitative estimate of drug-likeness (QED) is 0.743. The third kappa shape index (κ3) is 2.92. The molecule has 2 aromatic carbocycles. The number of benzene rings is 2. The van der Waals surface area contributed by atoms with Gasteiger partial charge in [-0.2, -0.15) is 0 Å². The van der Waals surface area contributed by atoms with E-state index in [4.69, 9.17) is 4.74 Å². The van der Waals surface area contributed by atoms with Gasteiger partial charge in [-0.15, -0.1) is 0 Å². The van der Waals surface area contributed by atoms with Crippen molar-refractivity contribution in [1.29, 1.82) is 0 Å². The first-order valence-corrected chi connectivity index (χ1v) is 8.98. The lowest BCUT2D eigenvalue weighted by atomic mass is 9.94. The monoisotopic (exact) mass is 347 g/mol. The lowest BCUT2D eigenvalue weighted by molar-refractivity contribution is -0.121. The lowest BCUT2D eigenvalue weighted by Crippen LogP contribution is -2.31. The van der Waals surface area contributed by atoms with Crippen LogP contribution in [-0.4, -0.2) is 24.8 Å². The first kappa shape index (κ1) is 16.6. The SMILES string of the molecule is C=CCOc1ccccc1C(=O)N1CC(C(=O)C2CC2)c2ccccc21. The van der Waals surface area contributed by atoms with Crippen molar-refractivity contribution in [3.63, 3.8) is 0 Å². The molecule has 4 heteroatoms. The highest BCUT2D eigenvalue weighted by Crippen LogP contribution is 2.43. The van der Waals surface area contributed by atoms with Gasteiger partial charge < -0.3 is 9.64 Å². The van der Waals surface area contributed by atoms with E-state index in [2.05, 4.69) is 6.58 Å². The number of carbonyl (C=O) groups is 2. The molecule has 1 fully saturated rings. The summed E-state index contributed by atoms with van der Waals surface area (Å²) in [6.07, 6.45) is 3.60. The van der Waals surface area contributed by atoms with Crippen LogP contribution >= 0.6 is 0 Å². The van der Waals surface area contributed by atoms with E-state index in [1.165, 1.54) is 0 Å². The second kappa shape index (κ2) is 6.79. The zero-order valence-electron chi connectivity index (χ0n) is 14.6. The largest absolute Gasteiger partial charge is 0.489 e. The zero-order chi connectivity index (χ0) is 18.1. The number of fused-ring (bicyclic) bond motifs is 1. The number of hydrogen-bond acceptors (Lipinski definition) is 3. The third-order valence-electron chi connectivity index (χ3n) is 5.01. The van der Waals surface area contributed by atoms with E-state index in [1.807, 2.05) is 36.4 Å². The molecule has 26 heavy (non-hydrogen) atoms. The molecule has 4 rings (SSSR count). The van der Waals surface area contributed by atoms with Crippen LogP contribution in [0.3, 0.4) is 0 Å². The Morgan fingerprint density at radius 1 is 1.12 bits per heavy atom. The topological polar surface area (TPSA) is 46.6 Å². The number of carbonyl (C=O) groups excluding carboxylic acids is 2. The fraction of sp³-hybridized carbons (Fsp3) is 0.273. The van der Waals surface area contributed by atoms with Crippen molar-refractivity contribution in [2.45, 2.75) is 18.8 Å². The third-order valence-corrected chi connectivity index (χ3v) is 5.01. The molecule has 0 aromatic heterocycles. The van der Waals surface area contributed by atoms with Crippen molar-refractivity contribution in [3.8, 4) is 5.75 Å². The summed E-state index contributed by atoms with van der Waals surface area (Å²) in [5.74, 6) is 0.620. The average molecular weight is 347 g/mol. The van der Waals surface area contributed by atoms with Crippen LogP contribution in [0.2, 0.25) is 0 Å². The first-order valence-electron chi connectivity index (χ1n) is 8.98. The van der Waals surface area contributed by atoms with Gasteiger partial charge in [0.05, 0.1) is 11.5 Å². The molecule has 1 aliphatic carbocycles. The smallest absolute Gasteiger partial charge is 0.262 e. The predicted octanol–water partition coefficient (Wildman–Crippen LogP) is 3.97.